The van der Waals surface area contributed by atoms with Gasteiger partial charge in [0, 0.05) is 16.1 Å². The highest BCUT2D eigenvalue weighted by molar-refractivity contribution is 7.81. The summed E-state index contributed by atoms with van der Waals surface area (Å²) in [4.78, 5) is 34.9. The van der Waals surface area contributed by atoms with Crippen LogP contribution in [0.15, 0.2) is 122 Å². The first-order valence-electron chi connectivity index (χ1n) is 20.4. The maximum atomic E-state index is 12.9. The summed E-state index contributed by atoms with van der Waals surface area (Å²) in [6.07, 6.45) is 6.81. The van der Waals surface area contributed by atoms with E-state index in [9.17, 15) is 27.1 Å². The van der Waals surface area contributed by atoms with Gasteiger partial charge in [-0.25, -0.2) is 18.0 Å². The first-order valence-corrected chi connectivity index (χ1v) is 22.9. The molecule has 6 aromatic rings. The highest BCUT2D eigenvalue weighted by Crippen LogP contribution is 2.43. The molecule has 330 valence electrons. The number of anilines is 2. The molecule has 8 rings (SSSR count). The van der Waals surface area contributed by atoms with Crippen LogP contribution in [0.5, 0.6) is 17.2 Å². The molecule has 0 fully saturated rings. The molecule has 0 bridgehead atoms. The number of rotatable bonds is 15. The number of methoxy groups -OCH3 is 1. The Balaban J connectivity index is 0.894. The summed E-state index contributed by atoms with van der Waals surface area (Å²) in [5.74, 6) is -0.377. The first-order chi connectivity index (χ1) is 31.1. The van der Waals surface area contributed by atoms with Crippen LogP contribution in [-0.4, -0.2) is 59.8 Å². The Kier molecular flexibility index (Phi) is 14.0. The number of aromatic nitrogens is 2. The molecule has 64 heavy (non-hydrogen) atoms. The van der Waals surface area contributed by atoms with Crippen molar-refractivity contribution in [1.29, 1.82) is 0 Å². The molecule has 17 heteroatoms. The topological polar surface area (TPSA) is 178 Å². The Morgan fingerprint density at radius 3 is 1.72 bits per heavy atom. The van der Waals surface area contributed by atoms with Crippen molar-refractivity contribution in [1.82, 2.24) is 9.97 Å². The van der Waals surface area contributed by atoms with Crippen LogP contribution < -0.4 is 22.8 Å². The predicted molar refractivity (Wildman–Crippen MR) is 244 cm³/mol. The van der Waals surface area contributed by atoms with E-state index in [-0.39, 0.29) is 0 Å². The van der Waals surface area contributed by atoms with Gasteiger partial charge < -0.3 is 18.9 Å². The highest BCUT2D eigenvalue weighted by atomic mass is 35.5. The van der Waals surface area contributed by atoms with Gasteiger partial charge in [-0.2, -0.15) is 0 Å². The third kappa shape index (κ3) is 9.81. The number of hydrogen-bond donors (Lipinski definition) is 2. The zero-order chi connectivity index (χ0) is 44.7. The Hall–Kier alpha value is -6.17. The molecule has 2 aliphatic carbocycles. The van der Waals surface area contributed by atoms with Gasteiger partial charge in [0.1, 0.15) is 17.2 Å². The summed E-state index contributed by atoms with van der Waals surface area (Å²) in [6, 6.07) is 31.4. The fourth-order valence-electron chi connectivity index (χ4n) is 8.37. The Morgan fingerprint density at radius 2 is 1.22 bits per heavy atom. The summed E-state index contributed by atoms with van der Waals surface area (Å²) < 4.78 is 71.8. The fraction of sp³-hybridized carbons (Fsp3) is 0.234. The maximum absolute atomic E-state index is 12.9. The molecule has 4 atom stereocenters. The van der Waals surface area contributed by atoms with E-state index in [0.29, 0.717) is 83.6 Å². The zero-order valence-electron chi connectivity index (χ0n) is 34.5. The molecule has 0 radical (unpaired) electrons. The summed E-state index contributed by atoms with van der Waals surface area (Å²) in [6.45, 7) is -1.13. The van der Waals surface area contributed by atoms with E-state index >= 15 is 0 Å². The monoisotopic (exact) mass is 922 g/mol. The lowest BCUT2D eigenvalue weighted by Crippen LogP contribution is -2.33. The van der Waals surface area contributed by atoms with E-state index in [0.717, 1.165) is 33.4 Å². The predicted octanol–water partition coefficient (Wildman–Crippen LogP) is 9.04. The summed E-state index contributed by atoms with van der Waals surface area (Å²) in [7, 11) is 1.59. The number of benzene rings is 4. The second kappa shape index (κ2) is 20.1. The SMILES string of the molecule is COc1cccc(-c2ccc(N(C3CCCc4c(OCC(=O)OC(=O)COc5cccc6c5CCCC6N(c5ccc(-c6ccccc6Cl)nc5)S(=O)O)cccc43)S(=O)O)cn2)c1. The number of ether oxygens (including phenoxy) is 4. The second-order valence-corrected chi connectivity index (χ2v) is 17.1. The number of hydrogen-bond acceptors (Lipinski definition) is 10. The molecule has 2 aromatic heterocycles. The van der Waals surface area contributed by atoms with Crippen LogP contribution in [0.3, 0.4) is 0 Å². The molecule has 0 amide bonds. The lowest BCUT2D eigenvalue weighted by atomic mass is 9.87. The second-order valence-electron chi connectivity index (χ2n) is 15.0. The van der Waals surface area contributed by atoms with Crippen molar-refractivity contribution in [3.63, 3.8) is 0 Å². The van der Waals surface area contributed by atoms with Crippen LogP contribution in [0.2, 0.25) is 5.02 Å². The van der Waals surface area contributed by atoms with Gasteiger partial charge in [0.05, 0.1) is 54.3 Å². The maximum Gasteiger partial charge on any atom is 0.351 e. The Labute approximate surface area is 380 Å². The van der Waals surface area contributed by atoms with Gasteiger partial charge in [-0.05, 0) is 115 Å². The van der Waals surface area contributed by atoms with E-state index in [1.807, 2.05) is 54.6 Å². The molecule has 0 saturated carbocycles. The van der Waals surface area contributed by atoms with Crippen molar-refractivity contribution in [2.75, 3.05) is 28.9 Å². The van der Waals surface area contributed by atoms with E-state index in [2.05, 4.69) is 9.97 Å². The molecular weight excluding hydrogens is 880 g/mol. The number of carbonyl (C=O) groups excluding carboxylic acids is 2. The molecule has 0 saturated heterocycles. The quantitative estimate of drug-likeness (QED) is 0.0568. The highest BCUT2D eigenvalue weighted by Gasteiger charge is 2.33. The van der Waals surface area contributed by atoms with E-state index < -0.39 is 59.8 Å². The summed E-state index contributed by atoms with van der Waals surface area (Å²) in [5.41, 5.74) is 6.85. The third-order valence-electron chi connectivity index (χ3n) is 11.2. The van der Waals surface area contributed by atoms with Crippen molar-refractivity contribution < 1.29 is 46.1 Å². The van der Waals surface area contributed by atoms with Gasteiger partial charge in [0.2, 0.25) is 0 Å². The molecule has 0 aliphatic heterocycles. The van der Waals surface area contributed by atoms with Crippen molar-refractivity contribution in [2.24, 2.45) is 0 Å². The number of fused-ring (bicyclic) bond motifs is 2. The minimum Gasteiger partial charge on any atom is -0.497 e. The van der Waals surface area contributed by atoms with E-state index in [1.54, 1.807) is 74.1 Å². The van der Waals surface area contributed by atoms with E-state index in [4.69, 9.17) is 30.5 Å². The third-order valence-corrected chi connectivity index (χ3v) is 13.1. The van der Waals surface area contributed by atoms with Crippen LogP contribution in [0, 0.1) is 0 Å². The van der Waals surface area contributed by atoms with Gasteiger partial charge in [0.15, 0.2) is 13.2 Å². The van der Waals surface area contributed by atoms with Crippen LogP contribution >= 0.6 is 11.6 Å². The standard InChI is InChI=1S/C47H43ClN4O10S2/c1-59-33-10-4-9-30(25-33)40-23-21-31(26-49-40)51(63(55)56)42-17-5-14-36-34(42)12-7-19-44(36)60-28-46(53)62-47(54)29-61-45-20-8-13-35-37(45)15-6-18-43(35)52(64(57)58)32-22-24-41(50-27-32)38-11-2-3-16-39(38)48/h2-4,7-13,16,19-27,42-43H,5-6,14-15,17-18,28-29H2,1H3,(H,55,56)(H,57,58). The Morgan fingerprint density at radius 1 is 0.688 bits per heavy atom. The minimum atomic E-state index is -2.40. The smallest absolute Gasteiger partial charge is 0.351 e. The fourth-order valence-corrected chi connectivity index (χ4v) is 10.1. The van der Waals surface area contributed by atoms with Gasteiger partial charge >= 0.3 is 11.9 Å². The van der Waals surface area contributed by atoms with Crippen molar-refractivity contribution in [3.8, 4) is 39.8 Å². The molecule has 4 aromatic carbocycles. The lowest BCUT2D eigenvalue weighted by Gasteiger charge is -2.35. The Bertz CT molecular complexity index is 2710. The van der Waals surface area contributed by atoms with Crippen molar-refractivity contribution in [3.05, 3.63) is 149 Å². The van der Waals surface area contributed by atoms with Gasteiger partial charge in [-0.1, -0.05) is 66.2 Å². The van der Waals surface area contributed by atoms with Gasteiger partial charge in [-0.3, -0.25) is 27.7 Å². The molecule has 4 unspecified atom stereocenters. The van der Waals surface area contributed by atoms with Crippen LogP contribution in [0.4, 0.5) is 11.4 Å². The molecule has 0 spiro atoms. The normalized spacial score (nSPS) is 16.3. The summed E-state index contributed by atoms with van der Waals surface area (Å²) in [5, 5.41) is 0.539. The van der Waals surface area contributed by atoms with Crippen LogP contribution in [0.25, 0.3) is 22.5 Å². The number of carbonyl (C=O) groups is 2. The lowest BCUT2D eigenvalue weighted by molar-refractivity contribution is -0.162. The van der Waals surface area contributed by atoms with Gasteiger partial charge in [-0.15, -0.1) is 0 Å². The molecule has 2 aliphatic rings. The molecule has 2 heterocycles. The largest absolute Gasteiger partial charge is 0.497 e. The van der Waals surface area contributed by atoms with Crippen LogP contribution in [-0.2, 0) is 49.7 Å². The van der Waals surface area contributed by atoms with Gasteiger partial charge in [0.25, 0.3) is 22.5 Å². The number of pyridine rings is 2. The zero-order valence-corrected chi connectivity index (χ0v) is 36.9. The van der Waals surface area contributed by atoms with E-state index in [1.165, 1.54) is 8.61 Å². The molecule has 2 N–H and O–H groups in total. The number of nitrogens with zero attached hydrogens (tertiary/aromatic N) is 4. The van der Waals surface area contributed by atoms with Crippen molar-refractivity contribution >= 4 is 57.4 Å². The summed E-state index contributed by atoms with van der Waals surface area (Å²) >= 11 is 1.56. The average molecular weight is 923 g/mol. The minimum absolute atomic E-state index is 0.394. The average Bonchev–Trinajstić information content (AvgIpc) is 3.31. The van der Waals surface area contributed by atoms with Crippen LogP contribution in [0.1, 0.15) is 60.0 Å². The first kappa shape index (κ1) is 44.4. The number of halogens is 1. The molecular formula is C47H43ClN4O10S2. The van der Waals surface area contributed by atoms with Crippen molar-refractivity contribution in [2.45, 2.75) is 50.6 Å². The number of esters is 2. The molecule has 14 nitrogen and oxygen atoms in total.